The van der Waals surface area contributed by atoms with Crippen molar-refractivity contribution in [3.8, 4) is 33.6 Å². The van der Waals surface area contributed by atoms with Gasteiger partial charge in [0.25, 0.3) is 0 Å². The van der Waals surface area contributed by atoms with Crippen LogP contribution in [0, 0.1) is 23.8 Å². The first kappa shape index (κ1) is 37.9. The average molecular weight is 873 g/mol. The summed E-state index contributed by atoms with van der Waals surface area (Å²) < 4.78 is 34.1. The normalized spacial score (nSPS) is 11.7. The van der Waals surface area contributed by atoms with Gasteiger partial charge in [-0.15, -0.1) is 54.1 Å². The summed E-state index contributed by atoms with van der Waals surface area (Å²) in [5, 5.41) is 3.30. The fourth-order valence-corrected chi connectivity index (χ4v) is 7.81. The van der Waals surface area contributed by atoms with E-state index in [1.165, 1.54) is 22.4 Å². The third-order valence-corrected chi connectivity index (χ3v) is 10.9. The van der Waals surface area contributed by atoms with Gasteiger partial charge >= 0.3 is 0 Å². The molecular weight excluding hydrogens is 831 g/mol. The Morgan fingerprint density at radius 1 is 0.784 bits per heavy atom. The van der Waals surface area contributed by atoms with Crippen molar-refractivity contribution in [2.45, 2.75) is 65.6 Å². The van der Waals surface area contributed by atoms with E-state index < -0.39 is 19.7 Å². The van der Waals surface area contributed by atoms with Crippen molar-refractivity contribution in [1.29, 1.82) is 0 Å². The van der Waals surface area contributed by atoms with Crippen molar-refractivity contribution in [1.82, 2.24) is 9.97 Å². The molecule has 0 fully saturated rings. The van der Waals surface area contributed by atoms with E-state index in [9.17, 15) is 8.78 Å². The maximum absolute atomic E-state index is 14.3. The van der Waals surface area contributed by atoms with Crippen LogP contribution < -0.4 is 5.19 Å². The van der Waals surface area contributed by atoms with Crippen LogP contribution in [0.15, 0.2) is 108 Å². The maximum atomic E-state index is 14.3. The first-order valence-electron chi connectivity index (χ1n) is 17.0. The van der Waals surface area contributed by atoms with Gasteiger partial charge in [0.05, 0.1) is 13.7 Å². The van der Waals surface area contributed by atoms with Gasteiger partial charge in [-0.1, -0.05) is 95.0 Å². The van der Waals surface area contributed by atoms with Gasteiger partial charge in [0, 0.05) is 43.4 Å². The van der Waals surface area contributed by atoms with Gasteiger partial charge in [0.1, 0.15) is 17.2 Å². The van der Waals surface area contributed by atoms with Crippen LogP contribution in [0.25, 0.3) is 55.6 Å². The number of rotatable bonds is 5. The summed E-state index contributed by atoms with van der Waals surface area (Å²) >= 11 is 0. The molecule has 3 heterocycles. The van der Waals surface area contributed by atoms with E-state index >= 15 is 0 Å². The third-order valence-electron chi connectivity index (χ3n) is 8.91. The summed E-state index contributed by atoms with van der Waals surface area (Å²) in [5.41, 5.74) is 8.31. The van der Waals surface area contributed by atoms with Crippen LogP contribution in [-0.4, -0.2) is 18.0 Å². The Labute approximate surface area is 314 Å². The number of nitrogens with zero attached hydrogens (tertiary/aromatic N) is 2. The Kier molecular flexibility index (Phi) is 11.3. The molecule has 0 unspecified atom stereocenters. The van der Waals surface area contributed by atoms with Crippen molar-refractivity contribution >= 4 is 35.2 Å². The molecule has 7 heteroatoms. The molecule has 0 aliphatic rings. The zero-order valence-electron chi connectivity index (χ0n) is 30.3. The van der Waals surface area contributed by atoms with Crippen LogP contribution >= 0.6 is 0 Å². The number of halogens is 2. The minimum atomic E-state index is -1.34. The number of furan rings is 1. The SMILES string of the molecule is CC(C)(C)c1ccnc(-c2[c-]ccc3c2oc2cc(-c4cc(F)ccc4F)ccc23)c1.CC(C)c1cc(-c2[c-]cccc2)ncc1[Si](C)(C)C.[Ir]. The van der Waals surface area contributed by atoms with E-state index in [0.29, 0.717) is 22.6 Å². The van der Waals surface area contributed by atoms with Gasteiger partial charge in [-0.05, 0) is 69.4 Å². The number of hydrogen-bond donors (Lipinski definition) is 0. The molecule has 0 N–H and O–H groups in total. The van der Waals surface area contributed by atoms with Crippen molar-refractivity contribution in [2.75, 3.05) is 0 Å². The van der Waals surface area contributed by atoms with Gasteiger partial charge in [-0.3, -0.25) is 0 Å². The van der Waals surface area contributed by atoms with Crippen LogP contribution in [0.5, 0.6) is 0 Å². The van der Waals surface area contributed by atoms with Crippen molar-refractivity contribution in [2.24, 2.45) is 0 Å². The smallest absolute Gasteiger partial charge is 0.131 e. The van der Waals surface area contributed by atoms with Gasteiger partial charge in [-0.25, -0.2) is 8.78 Å². The standard InChI is InChI=1S/C27H20F2NO.C17H22NSi.Ir/c1-27(2,3)17-11-12-30-24(14-17)21-6-4-5-20-19-9-7-16(13-25(19)31-26(20)21)22-15-18(28)8-10-23(22)29;1-13(2)15-11-16(14-9-7-6-8-10-14)18-12-17(15)19(3,4)5;/h4-5,7-15H,1-3H3;6-9,11-13H,1-5H3;/q2*-1;. The van der Waals surface area contributed by atoms with E-state index in [1.807, 2.05) is 42.5 Å². The minimum Gasteiger partial charge on any atom is -0.501 e. The van der Waals surface area contributed by atoms with Crippen LogP contribution in [0.1, 0.15) is 51.7 Å². The summed E-state index contributed by atoms with van der Waals surface area (Å²) in [6.07, 6.45) is 3.90. The Bertz CT molecular complexity index is 2300. The minimum absolute atomic E-state index is 0. The quantitative estimate of drug-likeness (QED) is 0.128. The van der Waals surface area contributed by atoms with Crippen molar-refractivity contribution in [3.63, 3.8) is 0 Å². The largest absolute Gasteiger partial charge is 0.501 e. The number of aromatic nitrogens is 2. The van der Waals surface area contributed by atoms with Crippen LogP contribution in [0.2, 0.25) is 19.6 Å². The molecular formula is C44H42F2IrN2OSi-2. The molecule has 1 radical (unpaired) electrons. The molecule has 4 aromatic carbocycles. The van der Waals surface area contributed by atoms with Crippen LogP contribution in [0.3, 0.4) is 0 Å². The van der Waals surface area contributed by atoms with Crippen LogP contribution in [0.4, 0.5) is 8.78 Å². The fourth-order valence-electron chi connectivity index (χ4n) is 6.13. The predicted molar refractivity (Wildman–Crippen MR) is 205 cm³/mol. The van der Waals surface area contributed by atoms with Gasteiger partial charge < -0.3 is 14.4 Å². The predicted octanol–water partition coefficient (Wildman–Crippen LogP) is 11.9. The fraction of sp³-hybridized carbons (Fsp3) is 0.227. The topological polar surface area (TPSA) is 38.9 Å². The molecule has 0 bridgehead atoms. The second-order valence-electron chi connectivity index (χ2n) is 15.1. The van der Waals surface area contributed by atoms with Gasteiger partial charge in [0.2, 0.25) is 0 Å². The molecule has 263 valence electrons. The molecule has 0 spiro atoms. The monoisotopic (exact) mass is 873 g/mol. The first-order chi connectivity index (χ1) is 23.7. The second-order valence-corrected chi connectivity index (χ2v) is 20.1. The number of hydrogen-bond acceptors (Lipinski definition) is 3. The molecule has 0 saturated carbocycles. The van der Waals surface area contributed by atoms with Gasteiger partial charge in [-0.2, -0.15) is 0 Å². The zero-order chi connectivity index (χ0) is 35.8. The number of fused-ring (bicyclic) bond motifs is 3. The van der Waals surface area contributed by atoms with Crippen LogP contribution in [-0.2, 0) is 25.5 Å². The van der Waals surface area contributed by atoms with Crippen molar-refractivity contribution in [3.05, 3.63) is 138 Å². The molecule has 0 aliphatic heterocycles. The Morgan fingerprint density at radius 2 is 1.57 bits per heavy atom. The average Bonchev–Trinajstić information content (AvgIpc) is 3.47. The number of benzene rings is 4. The summed E-state index contributed by atoms with van der Waals surface area (Å²) in [6, 6.07) is 33.5. The molecule has 3 aromatic heterocycles. The molecule has 0 atom stereocenters. The first-order valence-corrected chi connectivity index (χ1v) is 20.5. The molecule has 3 nitrogen and oxygen atoms in total. The Morgan fingerprint density at radius 3 is 2.25 bits per heavy atom. The molecule has 7 aromatic rings. The number of pyridine rings is 2. The molecule has 51 heavy (non-hydrogen) atoms. The summed E-state index contributed by atoms with van der Waals surface area (Å²) in [4.78, 5) is 9.21. The summed E-state index contributed by atoms with van der Waals surface area (Å²) in [7, 11) is -1.34. The Balaban J connectivity index is 0.000000218. The van der Waals surface area contributed by atoms with E-state index in [-0.39, 0.29) is 31.1 Å². The third kappa shape index (κ3) is 8.28. The molecule has 7 rings (SSSR count). The van der Waals surface area contributed by atoms with Crippen molar-refractivity contribution < 1.29 is 33.3 Å². The molecule has 0 amide bonds. The van der Waals surface area contributed by atoms with Gasteiger partial charge in [0.15, 0.2) is 0 Å². The maximum Gasteiger partial charge on any atom is 0.131 e. The summed E-state index contributed by atoms with van der Waals surface area (Å²) in [6.45, 7) is 18.1. The van der Waals surface area contributed by atoms with E-state index in [4.69, 9.17) is 4.42 Å². The van der Waals surface area contributed by atoms with E-state index in [1.54, 1.807) is 18.3 Å². The second kappa shape index (κ2) is 15.1. The molecule has 0 aliphatic carbocycles. The molecule has 0 saturated heterocycles. The van der Waals surface area contributed by atoms with E-state index in [2.05, 4.69) is 101 Å². The zero-order valence-corrected chi connectivity index (χ0v) is 33.7. The summed E-state index contributed by atoms with van der Waals surface area (Å²) in [5.74, 6) is -0.427. The Hall–Kier alpha value is -4.29. The van der Waals surface area contributed by atoms with E-state index in [0.717, 1.165) is 45.4 Å².